The molecule has 2 aromatic carbocycles. The quantitative estimate of drug-likeness (QED) is 0.674. The fourth-order valence-corrected chi connectivity index (χ4v) is 3.43. The molecule has 1 atom stereocenters. The summed E-state index contributed by atoms with van der Waals surface area (Å²) in [6, 6.07) is 14.7. The fraction of sp³-hybridized carbons (Fsp3) is 0.250. The molecule has 6 heteroatoms. The summed E-state index contributed by atoms with van der Waals surface area (Å²) in [7, 11) is 0. The number of aromatic nitrogens is 2. The van der Waals surface area contributed by atoms with Gasteiger partial charge in [-0.15, -0.1) is 0 Å². The molecule has 0 spiro atoms. The van der Waals surface area contributed by atoms with Gasteiger partial charge >= 0.3 is 0 Å². The lowest BCUT2D eigenvalue weighted by Gasteiger charge is -2.22. The second-order valence-corrected chi connectivity index (χ2v) is 6.93. The summed E-state index contributed by atoms with van der Waals surface area (Å²) >= 11 is 6.02. The molecule has 1 unspecified atom stereocenters. The molecule has 0 N–H and O–H groups in total. The van der Waals surface area contributed by atoms with E-state index in [4.69, 9.17) is 16.1 Å². The Morgan fingerprint density at radius 2 is 2.04 bits per heavy atom. The Bertz CT molecular complexity index is 936. The van der Waals surface area contributed by atoms with Crippen LogP contribution in [0.3, 0.4) is 0 Å². The lowest BCUT2D eigenvalue weighted by Crippen LogP contribution is -2.30. The largest absolute Gasteiger partial charge is 0.337 e. The number of carbonyl (C=O) groups is 1. The Kier molecular flexibility index (Phi) is 4.47. The molecule has 1 aliphatic heterocycles. The number of likely N-dealkylation sites (tertiary alicyclic amines) is 1. The first-order valence-electron chi connectivity index (χ1n) is 8.59. The zero-order valence-corrected chi connectivity index (χ0v) is 15.1. The molecule has 1 saturated heterocycles. The molecule has 0 radical (unpaired) electrons. The maximum Gasteiger partial charge on any atom is 0.254 e. The molecular formula is C20H18ClN3O2. The zero-order valence-electron chi connectivity index (χ0n) is 14.4. The Morgan fingerprint density at radius 1 is 1.23 bits per heavy atom. The van der Waals surface area contributed by atoms with Crippen molar-refractivity contribution in [1.82, 2.24) is 15.0 Å². The van der Waals surface area contributed by atoms with Crippen LogP contribution in [0.2, 0.25) is 5.02 Å². The van der Waals surface area contributed by atoms with Gasteiger partial charge in [-0.1, -0.05) is 52.7 Å². The Morgan fingerprint density at radius 3 is 2.81 bits per heavy atom. The first-order valence-corrected chi connectivity index (χ1v) is 8.97. The van der Waals surface area contributed by atoms with E-state index in [1.54, 1.807) is 29.2 Å². The van der Waals surface area contributed by atoms with Crippen molar-refractivity contribution in [3.63, 3.8) is 0 Å². The molecule has 1 amide bonds. The average Bonchev–Trinajstić information content (AvgIpc) is 3.31. The molecule has 0 bridgehead atoms. The molecule has 132 valence electrons. The first kappa shape index (κ1) is 16.8. The van der Waals surface area contributed by atoms with E-state index >= 15 is 0 Å². The highest BCUT2D eigenvalue weighted by molar-refractivity contribution is 6.30. The lowest BCUT2D eigenvalue weighted by molar-refractivity contribution is 0.0710. The van der Waals surface area contributed by atoms with Gasteiger partial charge in [-0.2, -0.15) is 4.98 Å². The van der Waals surface area contributed by atoms with Crippen molar-refractivity contribution >= 4 is 17.5 Å². The van der Waals surface area contributed by atoms with E-state index in [9.17, 15) is 4.79 Å². The van der Waals surface area contributed by atoms with E-state index in [1.807, 2.05) is 31.2 Å². The summed E-state index contributed by atoms with van der Waals surface area (Å²) in [5, 5.41) is 4.64. The van der Waals surface area contributed by atoms with Crippen LogP contribution < -0.4 is 0 Å². The number of hydrogen-bond acceptors (Lipinski definition) is 4. The van der Waals surface area contributed by atoms with Crippen LogP contribution in [0.1, 0.15) is 40.7 Å². The number of halogens is 1. The van der Waals surface area contributed by atoms with Crippen molar-refractivity contribution in [2.75, 3.05) is 6.54 Å². The minimum Gasteiger partial charge on any atom is -0.337 e. The summed E-state index contributed by atoms with van der Waals surface area (Å²) in [6.07, 6.45) is 1.71. The standard InChI is InChI=1S/C20H18ClN3O2/c1-13-7-9-14(10-8-13)18-22-19(26-23-18)17-6-3-11-24(17)20(25)15-4-2-5-16(21)12-15/h2,4-5,7-10,12,17H,3,6,11H2,1H3. The average molecular weight is 368 g/mol. The predicted octanol–water partition coefficient (Wildman–Crippen LogP) is 4.68. The summed E-state index contributed by atoms with van der Waals surface area (Å²) in [4.78, 5) is 19.2. The number of carbonyl (C=O) groups excluding carboxylic acids is 1. The van der Waals surface area contributed by atoms with Gasteiger partial charge in [0.1, 0.15) is 6.04 Å². The number of benzene rings is 2. The third-order valence-corrected chi connectivity index (χ3v) is 4.86. The summed E-state index contributed by atoms with van der Waals surface area (Å²) < 4.78 is 5.49. The Labute approximate surface area is 156 Å². The van der Waals surface area contributed by atoms with Gasteiger partial charge in [0.2, 0.25) is 11.7 Å². The molecule has 0 aliphatic carbocycles. The third kappa shape index (κ3) is 3.22. The van der Waals surface area contributed by atoms with Gasteiger partial charge in [-0.05, 0) is 38.0 Å². The predicted molar refractivity (Wildman–Crippen MR) is 98.9 cm³/mol. The number of nitrogens with zero attached hydrogens (tertiary/aromatic N) is 3. The smallest absolute Gasteiger partial charge is 0.254 e. The zero-order chi connectivity index (χ0) is 18.1. The second kappa shape index (κ2) is 6.92. The summed E-state index contributed by atoms with van der Waals surface area (Å²) in [5.74, 6) is 0.959. The minimum absolute atomic E-state index is 0.0647. The van der Waals surface area contributed by atoms with Gasteiger partial charge in [-0.25, -0.2) is 0 Å². The van der Waals surface area contributed by atoms with Crippen LogP contribution in [0.4, 0.5) is 0 Å². The topological polar surface area (TPSA) is 59.2 Å². The normalized spacial score (nSPS) is 16.8. The third-order valence-electron chi connectivity index (χ3n) is 4.62. The van der Waals surface area contributed by atoms with Crippen molar-refractivity contribution in [2.24, 2.45) is 0 Å². The summed E-state index contributed by atoms with van der Waals surface area (Å²) in [5.41, 5.74) is 2.64. The summed E-state index contributed by atoms with van der Waals surface area (Å²) in [6.45, 7) is 2.70. The molecule has 4 rings (SSSR count). The van der Waals surface area contributed by atoms with Crippen LogP contribution >= 0.6 is 11.6 Å². The van der Waals surface area contributed by atoms with Crippen LogP contribution in [0, 0.1) is 6.92 Å². The molecule has 1 aromatic heterocycles. The number of hydrogen-bond donors (Lipinski definition) is 0. The van der Waals surface area contributed by atoms with Crippen molar-refractivity contribution in [2.45, 2.75) is 25.8 Å². The molecule has 2 heterocycles. The Balaban J connectivity index is 1.59. The van der Waals surface area contributed by atoms with E-state index in [-0.39, 0.29) is 11.9 Å². The number of aryl methyl sites for hydroxylation is 1. The van der Waals surface area contributed by atoms with Crippen LogP contribution in [-0.4, -0.2) is 27.5 Å². The van der Waals surface area contributed by atoms with Crippen LogP contribution in [-0.2, 0) is 0 Å². The number of rotatable bonds is 3. The molecule has 1 fully saturated rings. The van der Waals surface area contributed by atoms with Gasteiger partial charge in [0, 0.05) is 22.7 Å². The van der Waals surface area contributed by atoms with Crippen LogP contribution in [0.5, 0.6) is 0 Å². The molecule has 26 heavy (non-hydrogen) atoms. The van der Waals surface area contributed by atoms with Crippen molar-refractivity contribution in [1.29, 1.82) is 0 Å². The van der Waals surface area contributed by atoms with E-state index in [2.05, 4.69) is 10.1 Å². The maximum atomic E-state index is 12.9. The molecule has 5 nitrogen and oxygen atoms in total. The van der Waals surface area contributed by atoms with Crippen LogP contribution in [0.15, 0.2) is 53.1 Å². The van der Waals surface area contributed by atoms with Gasteiger partial charge in [0.05, 0.1) is 0 Å². The highest BCUT2D eigenvalue weighted by Gasteiger charge is 2.34. The highest BCUT2D eigenvalue weighted by atomic mass is 35.5. The van der Waals surface area contributed by atoms with E-state index in [1.165, 1.54) is 5.56 Å². The SMILES string of the molecule is Cc1ccc(-c2noc(C3CCCN3C(=O)c3cccc(Cl)c3)n2)cc1. The van der Waals surface area contributed by atoms with Crippen molar-refractivity contribution in [3.8, 4) is 11.4 Å². The van der Waals surface area contributed by atoms with Crippen molar-refractivity contribution in [3.05, 3.63) is 70.6 Å². The molecule has 3 aromatic rings. The monoisotopic (exact) mass is 367 g/mol. The van der Waals surface area contributed by atoms with Gasteiger partial charge in [-0.3, -0.25) is 4.79 Å². The van der Waals surface area contributed by atoms with E-state index < -0.39 is 0 Å². The Hall–Kier alpha value is -2.66. The molecule has 1 aliphatic rings. The van der Waals surface area contributed by atoms with Gasteiger partial charge in [0.25, 0.3) is 5.91 Å². The van der Waals surface area contributed by atoms with Gasteiger partial charge in [0.15, 0.2) is 0 Å². The van der Waals surface area contributed by atoms with Crippen molar-refractivity contribution < 1.29 is 9.32 Å². The van der Waals surface area contributed by atoms with Gasteiger partial charge < -0.3 is 9.42 Å². The molecule has 0 saturated carbocycles. The maximum absolute atomic E-state index is 12.9. The fourth-order valence-electron chi connectivity index (χ4n) is 3.24. The highest BCUT2D eigenvalue weighted by Crippen LogP contribution is 2.33. The lowest BCUT2D eigenvalue weighted by atomic mass is 10.1. The van der Waals surface area contributed by atoms with E-state index in [0.717, 1.165) is 18.4 Å². The minimum atomic E-state index is -0.201. The second-order valence-electron chi connectivity index (χ2n) is 6.49. The van der Waals surface area contributed by atoms with E-state index in [0.29, 0.717) is 28.8 Å². The van der Waals surface area contributed by atoms with Crippen LogP contribution in [0.25, 0.3) is 11.4 Å². The molecular weight excluding hydrogens is 350 g/mol. The first-order chi connectivity index (χ1) is 12.6. The number of amides is 1.